The number of aromatic hydroxyl groups is 1. The number of rotatable bonds is 3. The molecule has 1 saturated carbocycles. The third-order valence-electron chi connectivity index (χ3n) is 5.04. The molecule has 0 saturated heterocycles. The zero-order valence-corrected chi connectivity index (χ0v) is 13.3. The Morgan fingerprint density at radius 1 is 1.32 bits per heavy atom. The van der Waals surface area contributed by atoms with E-state index in [-0.39, 0.29) is 11.4 Å². The van der Waals surface area contributed by atoms with Gasteiger partial charge >= 0.3 is 5.63 Å². The summed E-state index contributed by atoms with van der Waals surface area (Å²) >= 11 is 0. The average Bonchev–Trinajstić information content (AvgIpc) is 2.50. The van der Waals surface area contributed by atoms with Crippen LogP contribution in [-0.2, 0) is 6.54 Å². The molecule has 1 aliphatic rings. The van der Waals surface area contributed by atoms with E-state index < -0.39 is 0 Å². The van der Waals surface area contributed by atoms with Crippen molar-refractivity contribution in [2.75, 3.05) is 0 Å². The zero-order chi connectivity index (χ0) is 15.7. The van der Waals surface area contributed by atoms with Crippen LogP contribution >= 0.6 is 0 Å². The van der Waals surface area contributed by atoms with Crippen LogP contribution in [0.5, 0.6) is 5.75 Å². The van der Waals surface area contributed by atoms with E-state index in [1.54, 1.807) is 19.1 Å². The molecule has 1 aromatic carbocycles. The van der Waals surface area contributed by atoms with Gasteiger partial charge in [0.1, 0.15) is 17.9 Å². The predicted octanol–water partition coefficient (Wildman–Crippen LogP) is 2.45. The highest BCUT2D eigenvalue weighted by atomic mass is 16.4. The molecule has 0 radical (unpaired) electrons. The van der Waals surface area contributed by atoms with Crippen LogP contribution in [-0.4, -0.2) is 11.1 Å². The number of fused-ring (bicyclic) bond motifs is 1. The summed E-state index contributed by atoms with van der Waals surface area (Å²) in [5.41, 5.74) is 1.78. The predicted molar refractivity (Wildman–Crippen MR) is 85.9 cm³/mol. The lowest BCUT2D eigenvalue weighted by molar-refractivity contribution is -0.712. The Hall–Kier alpha value is -1.81. The van der Waals surface area contributed by atoms with Crippen LogP contribution in [0, 0.1) is 12.8 Å². The number of hydrogen-bond acceptors (Lipinski definition) is 3. The first-order chi connectivity index (χ1) is 10.6. The molecule has 0 spiro atoms. The van der Waals surface area contributed by atoms with Crippen LogP contribution in [0.1, 0.15) is 43.7 Å². The van der Waals surface area contributed by atoms with Crippen LogP contribution in [0.3, 0.4) is 0 Å². The van der Waals surface area contributed by atoms with Crippen molar-refractivity contribution >= 4 is 11.0 Å². The van der Waals surface area contributed by atoms with Gasteiger partial charge in [-0.15, -0.1) is 0 Å². The monoisotopic (exact) mass is 302 g/mol. The number of aryl methyl sites for hydroxylation is 1. The van der Waals surface area contributed by atoms with Crippen molar-refractivity contribution < 1.29 is 14.8 Å². The number of benzene rings is 1. The van der Waals surface area contributed by atoms with Crippen molar-refractivity contribution in [2.24, 2.45) is 5.92 Å². The lowest BCUT2D eigenvalue weighted by Gasteiger charge is -2.26. The largest absolute Gasteiger partial charge is 0.508 e. The van der Waals surface area contributed by atoms with Gasteiger partial charge in [-0.3, -0.25) is 0 Å². The van der Waals surface area contributed by atoms with Crippen molar-refractivity contribution in [1.29, 1.82) is 0 Å². The number of nitrogens with two attached hydrogens (primary N) is 1. The Morgan fingerprint density at radius 3 is 2.86 bits per heavy atom. The zero-order valence-electron chi connectivity index (χ0n) is 13.3. The lowest BCUT2D eigenvalue weighted by Crippen LogP contribution is -2.90. The van der Waals surface area contributed by atoms with Crippen LogP contribution < -0.4 is 10.9 Å². The van der Waals surface area contributed by atoms with Crippen molar-refractivity contribution in [2.45, 2.75) is 52.1 Å². The number of quaternary nitrogens is 1. The lowest BCUT2D eigenvalue weighted by atomic mass is 9.86. The van der Waals surface area contributed by atoms with Gasteiger partial charge in [0.15, 0.2) is 0 Å². The highest BCUT2D eigenvalue weighted by Crippen LogP contribution is 2.27. The molecule has 2 aromatic rings. The summed E-state index contributed by atoms with van der Waals surface area (Å²) in [5.74, 6) is 0.892. The molecule has 1 heterocycles. The fourth-order valence-corrected chi connectivity index (χ4v) is 3.56. The van der Waals surface area contributed by atoms with Crippen molar-refractivity contribution in [1.82, 2.24) is 0 Å². The smallest absolute Gasteiger partial charge is 0.336 e. The SMILES string of the molecule is Cc1c(O)ccc2c(C[NH2+][C@H]3CCCC[C@H]3C)cc(=O)oc12. The molecule has 3 rings (SSSR count). The van der Waals surface area contributed by atoms with Crippen LogP contribution in [0.4, 0.5) is 0 Å². The Bertz CT molecular complexity index is 735. The van der Waals surface area contributed by atoms with Gasteiger partial charge in [-0.2, -0.15) is 0 Å². The summed E-state index contributed by atoms with van der Waals surface area (Å²) in [5, 5.41) is 13.1. The second kappa shape index (κ2) is 6.13. The van der Waals surface area contributed by atoms with Gasteiger partial charge in [0.25, 0.3) is 0 Å². The van der Waals surface area contributed by atoms with Gasteiger partial charge in [-0.05, 0) is 38.3 Å². The fraction of sp³-hybridized carbons (Fsp3) is 0.500. The molecule has 22 heavy (non-hydrogen) atoms. The molecule has 0 amide bonds. The van der Waals surface area contributed by atoms with Crippen LogP contribution in [0.15, 0.2) is 27.4 Å². The van der Waals surface area contributed by atoms with E-state index >= 15 is 0 Å². The number of hydrogen-bond donors (Lipinski definition) is 2. The van der Waals surface area contributed by atoms with Gasteiger partial charge in [0.05, 0.1) is 6.04 Å². The van der Waals surface area contributed by atoms with E-state index in [4.69, 9.17) is 4.42 Å². The molecule has 118 valence electrons. The summed E-state index contributed by atoms with van der Waals surface area (Å²) in [4.78, 5) is 11.8. The molecule has 4 nitrogen and oxygen atoms in total. The Kier molecular flexibility index (Phi) is 4.21. The summed E-state index contributed by atoms with van der Waals surface area (Å²) < 4.78 is 5.30. The van der Waals surface area contributed by atoms with Gasteiger partial charge in [-0.1, -0.05) is 13.3 Å². The van der Waals surface area contributed by atoms with Gasteiger partial charge < -0.3 is 14.8 Å². The first-order valence-electron chi connectivity index (χ1n) is 8.15. The topological polar surface area (TPSA) is 67.1 Å². The third kappa shape index (κ3) is 2.88. The van der Waals surface area contributed by atoms with E-state index in [1.807, 2.05) is 6.07 Å². The maximum absolute atomic E-state index is 11.8. The van der Waals surface area contributed by atoms with E-state index in [1.165, 1.54) is 25.7 Å². The molecule has 0 unspecified atom stereocenters. The highest BCUT2D eigenvalue weighted by molar-refractivity contribution is 5.84. The average molecular weight is 302 g/mol. The van der Waals surface area contributed by atoms with E-state index in [0.717, 1.165) is 23.4 Å². The molecule has 4 heteroatoms. The van der Waals surface area contributed by atoms with E-state index in [9.17, 15) is 9.90 Å². The summed E-state index contributed by atoms with van der Waals surface area (Å²) in [6, 6.07) is 5.73. The molecular formula is C18H24NO3+. The minimum absolute atomic E-state index is 0.165. The first kappa shape index (κ1) is 15.1. The van der Waals surface area contributed by atoms with Crippen LogP contribution in [0.25, 0.3) is 11.0 Å². The van der Waals surface area contributed by atoms with Gasteiger partial charge in [-0.25, -0.2) is 4.79 Å². The minimum atomic E-state index is -0.346. The number of phenolic OH excluding ortho intramolecular Hbond substituents is 1. The van der Waals surface area contributed by atoms with Crippen LogP contribution in [0.2, 0.25) is 0 Å². The third-order valence-corrected chi connectivity index (χ3v) is 5.04. The van der Waals surface area contributed by atoms with E-state index in [0.29, 0.717) is 17.2 Å². The van der Waals surface area contributed by atoms with Crippen molar-refractivity contribution in [3.8, 4) is 5.75 Å². The minimum Gasteiger partial charge on any atom is -0.508 e. The summed E-state index contributed by atoms with van der Waals surface area (Å²) in [6.07, 6.45) is 5.18. The second-order valence-electron chi connectivity index (χ2n) is 6.54. The standard InChI is InChI=1S/C18H23NO3/c1-11-5-3-4-6-15(11)19-10-13-9-17(21)22-18-12(2)16(20)8-7-14(13)18/h7-9,11,15,19-20H,3-6,10H2,1-2H3/p+1/t11-,15+/m1/s1. The molecule has 0 bridgehead atoms. The molecular weight excluding hydrogens is 278 g/mol. The quantitative estimate of drug-likeness (QED) is 0.856. The number of phenols is 1. The van der Waals surface area contributed by atoms with E-state index in [2.05, 4.69) is 12.2 Å². The molecule has 1 aliphatic carbocycles. The summed E-state index contributed by atoms with van der Waals surface area (Å²) in [7, 11) is 0. The van der Waals surface area contributed by atoms with Crippen molar-refractivity contribution in [3.63, 3.8) is 0 Å². The molecule has 1 fully saturated rings. The highest BCUT2D eigenvalue weighted by Gasteiger charge is 2.24. The molecule has 1 aromatic heterocycles. The second-order valence-corrected chi connectivity index (χ2v) is 6.54. The molecule has 2 atom stereocenters. The van der Waals surface area contributed by atoms with Gasteiger partial charge in [0, 0.05) is 28.5 Å². The normalized spacial score (nSPS) is 22.1. The first-order valence-corrected chi connectivity index (χ1v) is 8.15. The maximum atomic E-state index is 11.8. The Labute approximate surface area is 130 Å². The fourth-order valence-electron chi connectivity index (χ4n) is 3.56. The summed E-state index contributed by atoms with van der Waals surface area (Å²) in [6.45, 7) is 4.87. The molecule has 3 N–H and O–H groups in total. The van der Waals surface area contributed by atoms with Gasteiger partial charge in [0.2, 0.25) is 0 Å². The molecule has 0 aliphatic heterocycles. The van der Waals surface area contributed by atoms with Crippen molar-refractivity contribution in [3.05, 3.63) is 39.7 Å². The maximum Gasteiger partial charge on any atom is 0.336 e. The Morgan fingerprint density at radius 2 is 2.09 bits per heavy atom. The Balaban J connectivity index is 1.90.